The smallest absolute Gasteiger partial charge is 0.240 e. The van der Waals surface area contributed by atoms with Crippen molar-refractivity contribution >= 4 is 10.0 Å². The van der Waals surface area contributed by atoms with Crippen LogP contribution in [0.1, 0.15) is 25.7 Å². The van der Waals surface area contributed by atoms with Gasteiger partial charge in [-0.3, -0.25) is 4.98 Å². The number of nitrogens with one attached hydrogen (secondary N) is 1. The topological polar surface area (TPSA) is 90.4 Å². The predicted molar refractivity (Wildman–Crippen MR) is 92.0 cm³/mol. The molecule has 1 fully saturated rings. The average Bonchev–Trinajstić information content (AvgIpc) is 2.64. The van der Waals surface area contributed by atoms with Crippen LogP contribution in [0.15, 0.2) is 41.6 Å². The summed E-state index contributed by atoms with van der Waals surface area (Å²) in [4.78, 5) is 8.21. The number of halogens is 1. The van der Waals surface area contributed by atoms with Crippen LogP contribution >= 0.6 is 0 Å². The number of hydrogen-bond donors (Lipinski definition) is 1. The minimum absolute atomic E-state index is 0.0528. The molecule has 1 aliphatic rings. The summed E-state index contributed by atoms with van der Waals surface area (Å²) in [5.74, 6) is 0.296. The van der Waals surface area contributed by atoms with Crippen LogP contribution < -0.4 is 14.2 Å². The van der Waals surface area contributed by atoms with Gasteiger partial charge in [0.15, 0.2) is 0 Å². The molecular weight excluding hydrogens is 361 g/mol. The van der Waals surface area contributed by atoms with E-state index in [0.29, 0.717) is 37.4 Å². The lowest BCUT2D eigenvalue weighted by molar-refractivity contribution is 0.136. The standard InChI is InChI=1S/C17H20FN3O4S/c1-24-16-10-19-11-17(20-16)25-14-6-4-13(5-7-14)21-26(22,23)15-8-2-12(18)3-9-15/h2-3,8-11,13-14,21H,4-7H2,1H3. The molecule has 7 nitrogen and oxygen atoms in total. The molecule has 0 spiro atoms. The molecule has 0 saturated heterocycles. The Kier molecular flexibility index (Phi) is 5.67. The van der Waals surface area contributed by atoms with Gasteiger partial charge in [-0.25, -0.2) is 17.5 Å². The van der Waals surface area contributed by atoms with E-state index in [-0.39, 0.29) is 17.0 Å². The van der Waals surface area contributed by atoms with Gasteiger partial charge in [0, 0.05) is 6.04 Å². The van der Waals surface area contributed by atoms with Crippen molar-refractivity contribution in [3.05, 3.63) is 42.5 Å². The lowest BCUT2D eigenvalue weighted by atomic mass is 9.94. The Hall–Kier alpha value is -2.26. The molecular formula is C17H20FN3O4S. The van der Waals surface area contributed by atoms with Crippen LogP contribution in [-0.2, 0) is 10.0 Å². The molecule has 0 atom stereocenters. The first-order valence-corrected chi connectivity index (χ1v) is 9.75. The summed E-state index contributed by atoms with van der Waals surface area (Å²) in [7, 11) is -2.15. The summed E-state index contributed by atoms with van der Waals surface area (Å²) < 4.78 is 51.2. The minimum Gasteiger partial charge on any atom is -0.480 e. The molecule has 3 rings (SSSR count). The summed E-state index contributed by atoms with van der Waals surface area (Å²) in [6.07, 6.45) is 5.62. The maximum atomic E-state index is 13.0. The summed E-state index contributed by atoms with van der Waals surface area (Å²) in [5.41, 5.74) is 0. The number of hydrogen-bond acceptors (Lipinski definition) is 6. The van der Waals surface area contributed by atoms with Gasteiger partial charge in [-0.05, 0) is 49.9 Å². The van der Waals surface area contributed by atoms with E-state index in [1.54, 1.807) is 0 Å². The molecule has 1 saturated carbocycles. The van der Waals surface area contributed by atoms with Gasteiger partial charge in [0.2, 0.25) is 21.8 Å². The molecule has 1 aromatic carbocycles. The molecule has 0 radical (unpaired) electrons. The first-order chi connectivity index (χ1) is 12.5. The molecule has 2 aromatic rings. The molecule has 1 aliphatic carbocycles. The van der Waals surface area contributed by atoms with Gasteiger partial charge in [0.1, 0.15) is 11.9 Å². The van der Waals surface area contributed by atoms with E-state index >= 15 is 0 Å². The molecule has 0 bridgehead atoms. The fraction of sp³-hybridized carbons (Fsp3) is 0.412. The van der Waals surface area contributed by atoms with Crippen molar-refractivity contribution in [3.8, 4) is 11.8 Å². The van der Waals surface area contributed by atoms with Gasteiger partial charge in [-0.15, -0.1) is 0 Å². The van der Waals surface area contributed by atoms with Crippen LogP contribution in [0.5, 0.6) is 11.8 Å². The van der Waals surface area contributed by atoms with Crippen molar-refractivity contribution in [2.75, 3.05) is 7.11 Å². The number of methoxy groups -OCH3 is 1. The number of sulfonamides is 1. The Morgan fingerprint density at radius 2 is 1.73 bits per heavy atom. The molecule has 0 aliphatic heterocycles. The highest BCUT2D eigenvalue weighted by Gasteiger charge is 2.27. The van der Waals surface area contributed by atoms with Crippen LogP contribution in [0.2, 0.25) is 0 Å². The highest BCUT2D eigenvalue weighted by atomic mass is 32.2. The molecule has 140 valence electrons. The lowest BCUT2D eigenvalue weighted by Gasteiger charge is -2.29. The molecule has 1 aromatic heterocycles. The molecule has 1 heterocycles. The maximum Gasteiger partial charge on any atom is 0.240 e. The minimum atomic E-state index is -3.66. The van der Waals surface area contributed by atoms with Crippen molar-refractivity contribution in [2.24, 2.45) is 0 Å². The highest BCUT2D eigenvalue weighted by molar-refractivity contribution is 7.89. The fourth-order valence-corrected chi connectivity index (χ4v) is 4.16. The Morgan fingerprint density at radius 1 is 1.08 bits per heavy atom. The molecule has 0 amide bonds. The Morgan fingerprint density at radius 3 is 2.38 bits per heavy atom. The van der Waals surface area contributed by atoms with E-state index < -0.39 is 15.8 Å². The SMILES string of the molecule is COc1cncc(OC2CCC(NS(=O)(=O)c3ccc(F)cc3)CC2)n1. The van der Waals surface area contributed by atoms with E-state index in [1.165, 1.54) is 31.6 Å². The molecule has 1 N–H and O–H groups in total. The van der Waals surface area contributed by atoms with Crippen LogP contribution in [0.25, 0.3) is 0 Å². The highest BCUT2D eigenvalue weighted by Crippen LogP contribution is 2.24. The average molecular weight is 381 g/mol. The second kappa shape index (κ2) is 7.96. The van der Waals surface area contributed by atoms with Crippen molar-refractivity contribution in [2.45, 2.75) is 42.7 Å². The Balaban J connectivity index is 1.54. The van der Waals surface area contributed by atoms with Crippen LogP contribution in [0.3, 0.4) is 0 Å². The first kappa shape index (κ1) is 18.5. The molecule has 0 unspecified atom stereocenters. The van der Waals surface area contributed by atoms with E-state index in [2.05, 4.69) is 14.7 Å². The quantitative estimate of drug-likeness (QED) is 0.826. The zero-order valence-electron chi connectivity index (χ0n) is 14.3. The number of nitrogens with zero attached hydrogens (tertiary/aromatic N) is 2. The van der Waals surface area contributed by atoms with E-state index in [0.717, 1.165) is 12.1 Å². The zero-order chi connectivity index (χ0) is 18.6. The van der Waals surface area contributed by atoms with E-state index in [1.807, 2.05) is 0 Å². The third-order valence-corrected chi connectivity index (χ3v) is 5.74. The largest absolute Gasteiger partial charge is 0.480 e. The monoisotopic (exact) mass is 381 g/mol. The summed E-state index contributed by atoms with van der Waals surface area (Å²) in [6.45, 7) is 0. The summed E-state index contributed by atoms with van der Waals surface area (Å²) in [5, 5.41) is 0. The van der Waals surface area contributed by atoms with Crippen molar-refractivity contribution in [1.82, 2.24) is 14.7 Å². The fourth-order valence-electron chi connectivity index (χ4n) is 2.86. The third-order valence-electron chi connectivity index (χ3n) is 4.21. The van der Waals surface area contributed by atoms with Gasteiger partial charge < -0.3 is 9.47 Å². The van der Waals surface area contributed by atoms with Crippen LogP contribution in [0.4, 0.5) is 4.39 Å². The van der Waals surface area contributed by atoms with Gasteiger partial charge in [0.25, 0.3) is 0 Å². The molecule has 26 heavy (non-hydrogen) atoms. The number of aromatic nitrogens is 2. The van der Waals surface area contributed by atoms with E-state index in [9.17, 15) is 12.8 Å². The first-order valence-electron chi connectivity index (χ1n) is 8.27. The van der Waals surface area contributed by atoms with Crippen LogP contribution in [-0.4, -0.2) is 37.6 Å². The normalized spacial score (nSPS) is 20.5. The lowest BCUT2D eigenvalue weighted by Crippen LogP contribution is -2.39. The molecule has 9 heteroatoms. The number of benzene rings is 1. The summed E-state index contributed by atoms with van der Waals surface area (Å²) >= 11 is 0. The van der Waals surface area contributed by atoms with Gasteiger partial charge >= 0.3 is 0 Å². The Labute approximate surface area is 151 Å². The van der Waals surface area contributed by atoms with Crippen molar-refractivity contribution < 1.29 is 22.3 Å². The summed E-state index contributed by atoms with van der Waals surface area (Å²) in [6, 6.07) is 4.60. The Bertz CT molecular complexity index is 837. The maximum absolute atomic E-state index is 13.0. The van der Waals surface area contributed by atoms with Crippen molar-refractivity contribution in [3.63, 3.8) is 0 Å². The second-order valence-corrected chi connectivity index (χ2v) is 7.78. The van der Waals surface area contributed by atoms with Gasteiger partial charge in [0.05, 0.1) is 24.4 Å². The third kappa shape index (κ3) is 4.67. The zero-order valence-corrected chi connectivity index (χ0v) is 15.1. The van der Waals surface area contributed by atoms with E-state index in [4.69, 9.17) is 9.47 Å². The number of ether oxygens (including phenoxy) is 2. The van der Waals surface area contributed by atoms with Gasteiger partial charge in [-0.2, -0.15) is 4.98 Å². The van der Waals surface area contributed by atoms with Gasteiger partial charge in [-0.1, -0.05) is 0 Å². The van der Waals surface area contributed by atoms with Crippen LogP contribution in [0, 0.1) is 5.82 Å². The number of rotatable bonds is 6. The predicted octanol–water partition coefficient (Wildman–Crippen LogP) is 2.29. The van der Waals surface area contributed by atoms with Crippen molar-refractivity contribution in [1.29, 1.82) is 0 Å². The second-order valence-electron chi connectivity index (χ2n) is 6.07.